The van der Waals surface area contributed by atoms with Crippen molar-refractivity contribution in [2.75, 3.05) is 26.4 Å². The number of hydrogen-bond acceptors (Lipinski definition) is 13. The maximum absolute atomic E-state index is 12.4. The highest BCUT2D eigenvalue weighted by atomic mass is 16.7. The fourth-order valence-electron chi connectivity index (χ4n) is 20.3. The van der Waals surface area contributed by atoms with E-state index in [4.69, 9.17) is 81.9 Å². The number of ketones is 1. The summed E-state index contributed by atoms with van der Waals surface area (Å²) < 4.78 is 214. The molecule has 16 saturated carbocycles. The Hall–Kier alpha value is -3.73. The van der Waals surface area contributed by atoms with Gasteiger partial charge in [-0.05, 0) is 339 Å². The van der Waals surface area contributed by atoms with Crippen LogP contribution < -0.4 is 0 Å². The van der Waals surface area contributed by atoms with Gasteiger partial charge in [0.05, 0.1) is 36.9 Å². The first-order valence-electron chi connectivity index (χ1n) is 60.4. The fraction of sp³-hybridized carbons (Fsp3) is 0.857. The van der Waals surface area contributed by atoms with Crippen LogP contribution in [0.5, 0.6) is 0 Å². The highest BCUT2D eigenvalue weighted by Gasteiger charge is 2.50. The van der Waals surface area contributed by atoms with E-state index in [9.17, 15) is 44.4 Å². The third-order valence-electron chi connectivity index (χ3n) is 26.8. The number of Topliss-reactive ketones (excluding diaryl/α,β-unsaturated/α-hetero) is 1. The van der Waals surface area contributed by atoms with Gasteiger partial charge < -0.3 is 50.3 Å². The second-order valence-electron chi connectivity index (χ2n) is 36.4. The Morgan fingerprint density at radius 1 is 0.500 bits per heavy atom. The quantitative estimate of drug-likeness (QED) is 0.0198. The van der Waals surface area contributed by atoms with Crippen LogP contribution in [0.3, 0.4) is 0 Å². The van der Waals surface area contributed by atoms with Crippen molar-refractivity contribution in [1.29, 1.82) is 0 Å². The number of aliphatic hydroxyl groups excluding tert-OH is 2. The Kier molecular flexibility index (Phi) is 29.7. The fourth-order valence-corrected chi connectivity index (χ4v) is 20.3. The molecule has 18 rings (SSSR count). The summed E-state index contributed by atoms with van der Waals surface area (Å²) in [5, 5.41) is 38.7. The van der Waals surface area contributed by atoms with Crippen molar-refractivity contribution in [1.82, 2.24) is 0 Å². The molecular weight excluding hydrogens is 1330 g/mol. The van der Waals surface area contributed by atoms with Crippen molar-refractivity contribution in [3.05, 3.63) is 49.6 Å². The molecule has 15 heteroatoms. The van der Waals surface area contributed by atoms with Gasteiger partial charge in [0.2, 0.25) is 0 Å². The molecule has 650 valence electrons. The lowest BCUT2D eigenvalue weighted by molar-refractivity contribution is -0.169. The molecule has 0 aromatic rings. The van der Waals surface area contributed by atoms with Crippen LogP contribution in [0, 0.1) is 117 Å². The highest BCUT2D eigenvalue weighted by Crippen LogP contribution is 2.55. The smallest absolute Gasteiger partial charge is 0.307 e. The number of carbonyl (C=O) groups is 5. The van der Waals surface area contributed by atoms with Crippen LogP contribution in [0.1, 0.15) is 372 Å². The number of esters is 2. The lowest BCUT2D eigenvalue weighted by Gasteiger charge is -2.50. The summed E-state index contributed by atoms with van der Waals surface area (Å²) in [6.07, 6.45) is 48.2. The molecule has 15 nitrogen and oxygen atoms in total. The van der Waals surface area contributed by atoms with E-state index in [-0.39, 0.29) is 79.5 Å². The van der Waals surface area contributed by atoms with Gasteiger partial charge in [0, 0.05) is 93.6 Å². The van der Waals surface area contributed by atoms with E-state index in [1.807, 2.05) is 87.5 Å². The van der Waals surface area contributed by atoms with Crippen molar-refractivity contribution in [2.24, 2.45) is 117 Å². The highest BCUT2D eigenvalue weighted by molar-refractivity contribution is 5.83. The summed E-state index contributed by atoms with van der Waals surface area (Å²) >= 11 is 0. The molecule has 12 bridgehead atoms. The molecule has 4 N–H and O–H groups in total. The maximum atomic E-state index is 12.4. The molecule has 0 unspecified atom stereocenters. The molecule has 0 aromatic heterocycles. The normalized spacial score (nSPS) is 33.7. The lowest BCUT2D eigenvalue weighted by Crippen LogP contribution is -2.47. The summed E-state index contributed by atoms with van der Waals surface area (Å²) in [5.74, 6) is 8.16. The Labute approximate surface area is 703 Å². The first-order valence-corrected chi connectivity index (χ1v) is 42.4. The molecule has 18 aliphatic carbocycles. The molecular formula is C91H195O15-. The van der Waals surface area contributed by atoms with E-state index < -0.39 is 34.6 Å². The number of ether oxygens (including phenoxy) is 6. The zero-order chi connectivity index (χ0) is 112. The average molecular weight is 1570 g/mol. The maximum Gasteiger partial charge on any atom is 0.307 e. The van der Waals surface area contributed by atoms with Crippen LogP contribution in [0.2, 0.25) is 0 Å². The summed E-state index contributed by atoms with van der Waals surface area (Å²) in [5.41, 5.74) is 0.811. The van der Waals surface area contributed by atoms with E-state index in [2.05, 4.69) is 25.8 Å². The molecule has 0 aliphatic heterocycles. The molecule has 10 atom stereocenters. The minimum atomic E-state index is -0.923. The third kappa shape index (κ3) is 28.8. The standard InChI is InChI=1S/2C20H32O4.C15H28O3.C15H26O2.C12H20O.C7H10O.2CH4.19H2.H/c2*1-5-6-7-8-15-14-9-13(10-14)11-17(15)24-18(21)12-16(19(22)23)20(2,3)4;1-3-17-15(18-4-2)7-5-6-13-12-8-11(9-12)10-14(13)16;1-3-16-15(17-4-2)7-5-6-13-9-8-12-10-14(13)11-12;1-2-3-4-5-11-10-6-9(7-10)8-12(11)13;8-7-2-1-5-3-6(7)4-5;;;;;;;;;;;;;;;;;;;;;;/h2*5,13-17H,1,6-12H2,2-4H3,(H,22,23);11-16H,3-10H2,1-2H3;9,12,14-15H,3-8,10-11H2,1-2H3;2,9-13H,1,3-8H2;5-6H,1-4H2;2*1H4;19*1H;/q;;;;;;;;;;;;;;;;;;;;;;;;;;;-1/t13?,14?,15-,16+,17-;13?,14?,15-,16-,17-;11?,12?,13-,14-;;9?,10?,11-,12-;;;;;;;;;;;;;;;;;;;;;;;/m011.1......................./s1/i;;;;;;;;18*1+1D;2*1+1. The summed E-state index contributed by atoms with van der Waals surface area (Å²) in [7, 11) is 0. The van der Waals surface area contributed by atoms with E-state index in [1.54, 1.807) is 5.57 Å². The predicted octanol–water partition coefficient (Wildman–Crippen LogP) is 25.9. The van der Waals surface area contributed by atoms with Gasteiger partial charge in [-0.2, -0.15) is 0 Å². The first-order chi connectivity index (χ1) is 67.7. The van der Waals surface area contributed by atoms with Crippen molar-refractivity contribution in [3.8, 4) is 0 Å². The number of carbonyl (C=O) groups excluding carboxylic acids is 3. The van der Waals surface area contributed by atoms with Crippen LogP contribution in [0.15, 0.2) is 49.6 Å². The van der Waals surface area contributed by atoms with Crippen LogP contribution in [-0.2, 0) is 52.4 Å². The minimum absolute atomic E-state index is 0. The number of carboxylic acids is 2. The van der Waals surface area contributed by atoms with Crippen molar-refractivity contribution in [3.63, 3.8) is 0 Å². The molecule has 0 spiro atoms. The Bertz CT molecular complexity index is 2630. The van der Waals surface area contributed by atoms with E-state index in [0.717, 1.165) is 157 Å². The number of rotatable bonds is 36. The SMILES string of the molecule is C.C.C=CCCC[C@@H]1C2CC(C2)C[C@H]1O.C=CCCC[C@@H]1C2CC(C2)C[C@H]1OC(=O)C[C@H](C(=O)O)C(C)(C)C.C=CCCC[C@H]1C2CC(C2)C[C@@H]1OC(=O)C[C@H](C(=O)O)C(C)(C)C.CCOC(CCCC1=CCC2CC1C2)OCC.CCOC(CCC[C@@H]1C2CC(C2)C[C@H]1O)OCC.O=C1CCC2CC1C2.[2H-].[2HH].[2H][2H].[2H][2H].[2H][2H].[2H][2H].[2H][2H].[2H][2H].[2H][2H].[2H][2H].[2H][2H].[2H][2H].[2H][2H].[2H][2H].[2H][2H].[2H][2H].[2H][2H].[2H][2H].[2H][2H].[2H][2H]. The van der Waals surface area contributed by atoms with Gasteiger partial charge in [-0.3, -0.25) is 24.0 Å². The molecule has 0 aromatic carbocycles. The lowest BCUT2D eigenvalue weighted by atomic mass is 9.58. The minimum Gasteiger partial charge on any atom is -1.00 e. The number of allylic oxidation sites excluding steroid dienone is 5. The van der Waals surface area contributed by atoms with Gasteiger partial charge in [0.1, 0.15) is 18.0 Å². The number of hydrogen-bond donors (Lipinski definition) is 4. The molecule has 106 heavy (non-hydrogen) atoms. The van der Waals surface area contributed by atoms with Crippen LogP contribution in [0.4, 0.5) is 0 Å². The second-order valence-corrected chi connectivity index (χ2v) is 36.4. The summed E-state index contributed by atoms with van der Waals surface area (Å²) in [6.45, 7) is 33.4. The van der Waals surface area contributed by atoms with Gasteiger partial charge in [-0.1, -0.05) is 86.3 Å². The van der Waals surface area contributed by atoms with Crippen LogP contribution in [-0.4, -0.2) is 114 Å². The van der Waals surface area contributed by atoms with Gasteiger partial charge in [0.15, 0.2) is 12.6 Å². The third-order valence-corrected chi connectivity index (χ3v) is 26.8. The Balaban J connectivity index is -0.0000000923. The Morgan fingerprint density at radius 3 is 1.15 bits per heavy atom. The summed E-state index contributed by atoms with van der Waals surface area (Å²) in [6, 6.07) is 0. The first kappa shape index (κ1) is 67.9. The molecule has 0 heterocycles. The summed E-state index contributed by atoms with van der Waals surface area (Å²) in [4.78, 5) is 58.5. The van der Waals surface area contributed by atoms with Gasteiger partial charge >= 0.3 is 23.9 Å². The number of aliphatic hydroxyl groups is 2. The molecule has 0 amide bonds. The van der Waals surface area contributed by atoms with Crippen LogP contribution >= 0.6 is 0 Å². The van der Waals surface area contributed by atoms with E-state index in [1.165, 1.54) is 116 Å². The van der Waals surface area contributed by atoms with Crippen LogP contribution in [0.25, 0.3) is 0 Å². The zero-order valence-electron chi connectivity index (χ0n) is 104. The number of aliphatic carboxylic acids is 2. The van der Waals surface area contributed by atoms with Crippen molar-refractivity contribution in [2.45, 2.75) is 352 Å². The number of carboxylic acid groups (broad SMARTS) is 2. The predicted molar refractivity (Wildman–Crippen MR) is 467 cm³/mol. The molecule has 0 saturated heterocycles. The second kappa shape index (κ2) is 46.3. The van der Waals surface area contributed by atoms with Crippen molar-refractivity contribution < 1.29 is 129 Å². The molecule has 16 fully saturated rings. The van der Waals surface area contributed by atoms with Crippen molar-refractivity contribution >= 4 is 29.7 Å². The molecule has 18 aliphatic rings. The topological polar surface area (TPSA) is 222 Å². The number of fused-ring (bicyclic) bond motifs is 11. The average Bonchev–Trinajstić information content (AvgIpc) is 0.770. The molecule has 0 radical (unpaired) electrons. The van der Waals surface area contributed by atoms with E-state index >= 15 is 0 Å². The van der Waals surface area contributed by atoms with E-state index in [0.29, 0.717) is 72.3 Å². The number of unbranched alkanes of at least 4 members (excludes halogenated alkanes) is 3. The largest absolute Gasteiger partial charge is 1.00 e. The van der Waals surface area contributed by atoms with Gasteiger partial charge in [-0.15, -0.1) is 19.7 Å². The van der Waals surface area contributed by atoms with Gasteiger partial charge in [-0.25, -0.2) is 0 Å². The Morgan fingerprint density at radius 2 is 0.849 bits per heavy atom. The zero-order valence-corrected chi connectivity index (χ0v) is 66.9. The monoisotopic (exact) mass is 1570 g/mol. The van der Waals surface area contributed by atoms with Gasteiger partial charge in [0.25, 0.3) is 0 Å².